The average molecular weight is 276 g/mol. The fourth-order valence-corrected chi connectivity index (χ4v) is 2.46. The number of carbonyl (C=O) groups excluding carboxylic acids is 1. The topological polar surface area (TPSA) is 37.3 Å². The van der Waals surface area contributed by atoms with Crippen LogP contribution in [0.5, 0.6) is 5.75 Å². The van der Waals surface area contributed by atoms with Crippen LogP contribution in [0.2, 0.25) is 0 Å². The number of rotatable bonds is 5. The minimum atomic E-state index is -0.308. The van der Waals surface area contributed by atoms with Crippen LogP contribution in [0.25, 0.3) is 0 Å². The monoisotopic (exact) mass is 276 g/mol. The summed E-state index contributed by atoms with van der Waals surface area (Å²) in [5.41, 5.74) is 0.763. The SMILES string of the molecule is O=C(CSc1ccccc1F)Cc1cccc(O)c1. The molecule has 2 nitrogen and oxygen atoms in total. The quantitative estimate of drug-likeness (QED) is 0.850. The van der Waals surface area contributed by atoms with E-state index in [-0.39, 0.29) is 29.5 Å². The van der Waals surface area contributed by atoms with Crippen molar-refractivity contribution in [3.05, 3.63) is 59.9 Å². The van der Waals surface area contributed by atoms with Gasteiger partial charge in [-0.05, 0) is 29.8 Å². The van der Waals surface area contributed by atoms with Crippen molar-refractivity contribution in [3.8, 4) is 5.75 Å². The molecule has 0 aliphatic carbocycles. The molecule has 4 heteroatoms. The van der Waals surface area contributed by atoms with E-state index in [1.54, 1.807) is 42.5 Å². The van der Waals surface area contributed by atoms with E-state index in [9.17, 15) is 14.3 Å². The maximum absolute atomic E-state index is 13.4. The summed E-state index contributed by atoms with van der Waals surface area (Å²) in [7, 11) is 0. The molecule has 2 rings (SSSR count). The second-order valence-corrected chi connectivity index (χ2v) is 5.12. The third-order valence-corrected chi connectivity index (χ3v) is 3.65. The second-order valence-electron chi connectivity index (χ2n) is 4.10. The van der Waals surface area contributed by atoms with E-state index in [1.165, 1.54) is 17.8 Å². The maximum Gasteiger partial charge on any atom is 0.147 e. The highest BCUT2D eigenvalue weighted by Gasteiger charge is 2.07. The number of Topliss-reactive ketones (excluding diaryl/α,β-unsaturated/α-hetero) is 1. The Morgan fingerprint density at radius 3 is 2.68 bits per heavy atom. The first kappa shape index (κ1) is 13.6. The van der Waals surface area contributed by atoms with Crippen molar-refractivity contribution < 1.29 is 14.3 Å². The first-order chi connectivity index (χ1) is 9.15. The Morgan fingerprint density at radius 2 is 1.95 bits per heavy atom. The van der Waals surface area contributed by atoms with Gasteiger partial charge in [-0.2, -0.15) is 0 Å². The van der Waals surface area contributed by atoms with Gasteiger partial charge in [0.05, 0.1) is 5.75 Å². The van der Waals surface area contributed by atoms with Gasteiger partial charge in [0.1, 0.15) is 17.3 Å². The van der Waals surface area contributed by atoms with E-state index in [2.05, 4.69) is 0 Å². The molecule has 0 heterocycles. The van der Waals surface area contributed by atoms with Crippen LogP contribution in [0.15, 0.2) is 53.4 Å². The summed E-state index contributed by atoms with van der Waals surface area (Å²) in [6.07, 6.45) is 0.246. The van der Waals surface area contributed by atoms with Crippen LogP contribution in [-0.2, 0) is 11.2 Å². The van der Waals surface area contributed by atoms with Crippen LogP contribution in [0.3, 0.4) is 0 Å². The van der Waals surface area contributed by atoms with Gasteiger partial charge in [-0.15, -0.1) is 11.8 Å². The zero-order chi connectivity index (χ0) is 13.7. The molecule has 0 atom stereocenters. The molecule has 0 aliphatic rings. The van der Waals surface area contributed by atoms with Crippen LogP contribution < -0.4 is 0 Å². The number of carbonyl (C=O) groups is 1. The summed E-state index contributed by atoms with van der Waals surface area (Å²) < 4.78 is 13.4. The number of hydrogen-bond acceptors (Lipinski definition) is 3. The van der Waals surface area contributed by atoms with E-state index in [4.69, 9.17) is 0 Å². The van der Waals surface area contributed by atoms with Gasteiger partial charge in [-0.1, -0.05) is 24.3 Å². The normalized spacial score (nSPS) is 10.4. The molecule has 2 aromatic carbocycles. The Balaban J connectivity index is 1.90. The summed E-state index contributed by atoms with van der Waals surface area (Å²) in [5, 5.41) is 9.30. The third kappa shape index (κ3) is 4.10. The Kier molecular flexibility index (Phi) is 4.58. The fourth-order valence-electron chi connectivity index (χ4n) is 1.67. The van der Waals surface area contributed by atoms with Gasteiger partial charge >= 0.3 is 0 Å². The van der Waals surface area contributed by atoms with Crippen molar-refractivity contribution in [2.45, 2.75) is 11.3 Å². The van der Waals surface area contributed by atoms with Gasteiger partial charge < -0.3 is 5.11 Å². The van der Waals surface area contributed by atoms with Crippen LogP contribution in [0.1, 0.15) is 5.56 Å². The third-order valence-electron chi connectivity index (χ3n) is 2.54. The van der Waals surface area contributed by atoms with Gasteiger partial charge in [0, 0.05) is 11.3 Å². The second kappa shape index (κ2) is 6.38. The van der Waals surface area contributed by atoms with Gasteiger partial charge in [0.15, 0.2) is 0 Å². The fraction of sp³-hybridized carbons (Fsp3) is 0.133. The molecular weight excluding hydrogens is 263 g/mol. The molecule has 0 aliphatic heterocycles. The number of ketones is 1. The highest BCUT2D eigenvalue weighted by molar-refractivity contribution is 8.00. The molecule has 0 unspecified atom stereocenters. The van der Waals surface area contributed by atoms with Crippen molar-refractivity contribution in [3.63, 3.8) is 0 Å². The number of thioether (sulfide) groups is 1. The number of phenolic OH excluding ortho intramolecular Hbond substituents is 1. The van der Waals surface area contributed by atoms with E-state index >= 15 is 0 Å². The molecule has 0 saturated carbocycles. The zero-order valence-corrected chi connectivity index (χ0v) is 11.0. The largest absolute Gasteiger partial charge is 0.508 e. The maximum atomic E-state index is 13.4. The number of aromatic hydroxyl groups is 1. The predicted molar refractivity (Wildman–Crippen MR) is 73.9 cm³/mol. The molecule has 0 fully saturated rings. The lowest BCUT2D eigenvalue weighted by atomic mass is 10.1. The van der Waals surface area contributed by atoms with Crippen molar-refractivity contribution in [2.24, 2.45) is 0 Å². The van der Waals surface area contributed by atoms with Gasteiger partial charge in [0.2, 0.25) is 0 Å². The molecule has 98 valence electrons. The number of phenols is 1. The lowest BCUT2D eigenvalue weighted by molar-refractivity contribution is -0.116. The Morgan fingerprint density at radius 1 is 1.16 bits per heavy atom. The van der Waals surface area contributed by atoms with Crippen molar-refractivity contribution in [1.29, 1.82) is 0 Å². The summed E-state index contributed by atoms with van der Waals surface area (Å²) in [5.74, 6) is 0.0555. The smallest absolute Gasteiger partial charge is 0.147 e. The highest BCUT2D eigenvalue weighted by Crippen LogP contribution is 2.21. The van der Waals surface area contributed by atoms with Crippen LogP contribution in [0.4, 0.5) is 4.39 Å². The van der Waals surface area contributed by atoms with Crippen molar-refractivity contribution in [2.75, 3.05) is 5.75 Å². The first-order valence-electron chi connectivity index (χ1n) is 5.82. The average Bonchev–Trinajstić information content (AvgIpc) is 2.38. The Bertz CT molecular complexity index is 584. The minimum absolute atomic E-state index is 0.00106. The standard InChI is InChI=1S/C15H13FO2S/c16-14-6-1-2-7-15(14)19-10-13(18)9-11-4-3-5-12(17)8-11/h1-8,17H,9-10H2. The molecule has 2 aromatic rings. The lowest BCUT2D eigenvalue weighted by Crippen LogP contribution is -2.05. The summed E-state index contributed by atoms with van der Waals surface area (Å²) in [6, 6.07) is 13.0. The minimum Gasteiger partial charge on any atom is -0.508 e. The van der Waals surface area contributed by atoms with Gasteiger partial charge in [-0.25, -0.2) is 4.39 Å². The van der Waals surface area contributed by atoms with Crippen molar-refractivity contribution >= 4 is 17.5 Å². The first-order valence-corrected chi connectivity index (χ1v) is 6.80. The molecule has 0 radical (unpaired) electrons. The molecular formula is C15H13FO2S. The van der Waals surface area contributed by atoms with E-state index < -0.39 is 0 Å². The van der Waals surface area contributed by atoms with Crippen LogP contribution in [0, 0.1) is 5.82 Å². The van der Waals surface area contributed by atoms with Crippen LogP contribution in [-0.4, -0.2) is 16.6 Å². The molecule has 1 N–H and O–H groups in total. The van der Waals surface area contributed by atoms with E-state index in [1.807, 2.05) is 0 Å². The predicted octanol–water partition coefficient (Wildman–Crippen LogP) is 3.44. The highest BCUT2D eigenvalue weighted by atomic mass is 32.2. The molecule has 19 heavy (non-hydrogen) atoms. The summed E-state index contributed by atoms with van der Waals surface area (Å²) in [4.78, 5) is 12.3. The molecule has 0 saturated heterocycles. The van der Waals surface area contributed by atoms with Crippen LogP contribution >= 0.6 is 11.8 Å². The Labute approximate surface area is 115 Å². The zero-order valence-electron chi connectivity index (χ0n) is 10.2. The van der Waals surface area contributed by atoms with Gasteiger partial charge in [0.25, 0.3) is 0 Å². The summed E-state index contributed by atoms with van der Waals surface area (Å²) in [6.45, 7) is 0. The number of hydrogen-bond donors (Lipinski definition) is 1. The number of halogens is 1. The molecule has 0 bridgehead atoms. The molecule has 0 aromatic heterocycles. The number of benzene rings is 2. The molecule has 0 spiro atoms. The molecule has 0 amide bonds. The lowest BCUT2D eigenvalue weighted by Gasteiger charge is -2.03. The summed E-state index contributed by atoms with van der Waals surface area (Å²) >= 11 is 1.19. The van der Waals surface area contributed by atoms with Gasteiger partial charge in [-0.3, -0.25) is 4.79 Å². The Hall–Kier alpha value is -1.81. The van der Waals surface area contributed by atoms with Crippen molar-refractivity contribution in [1.82, 2.24) is 0 Å². The van der Waals surface area contributed by atoms with E-state index in [0.717, 1.165) is 5.56 Å². The van der Waals surface area contributed by atoms with E-state index in [0.29, 0.717) is 4.90 Å².